The van der Waals surface area contributed by atoms with Gasteiger partial charge in [0.2, 0.25) is 5.88 Å². The number of piperidine rings is 1. The monoisotopic (exact) mass is 398 g/mol. The van der Waals surface area contributed by atoms with Crippen LogP contribution in [0.15, 0.2) is 0 Å². The maximum Gasteiger partial charge on any atom is 0.260 e. The lowest BCUT2D eigenvalue weighted by Crippen LogP contribution is -2.39. The van der Waals surface area contributed by atoms with Gasteiger partial charge in [-0.25, -0.2) is 0 Å². The van der Waals surface area contributed by atoms with Gasteiger partial charge in [0.05, 0.1) is 12.2 Å². The molecule has 4 rings (SSSR count). The Morgan fingerprint density at radius 2 is 1.83 bits per heavy atom. The molecule has 0 spiro atoms. The van der Waals surface area contributed by atoms with Crippen molar-refractivity contribution in [1.82, 2.24) is 9.88 Å². The van der Waals surface area contributed by atoms with Gasteiger partial charge in [0.25, 0.3) is 5.91 Å². The Kier molecular flexibility index (Phi) is 5.64. The van der Waals surface area contributed by atoms with Gasteiger partial charge in [-0.3, -0.25) is 4.79 Å². The van der Waals surface area contributed by atoms with Crippen molar-refractivity contribution in [2.24, 2.45) is 0 Å². The van der Waals surface area contributed by atoms with Crippen LogP contribution in [0.2, 0.25) is 0 Å². The standard InChI is InChI=1S/C22H30N4O3/c1-22(2)12-16-17(13-23)21(28-15-19(27)25-8-4-3-5-9-25)24-20(18(16)14-29-22)26-10-6-7-11-26/h3-12,14-15H2,1-2H3. The fourth-order valence-corrected chi connectivity index (χ4v) is 4.50. The highest BCUT2D eigenvalue weighted by Gasteiger charge is 2.34. The molecule has 1 aromatic rings. The summed E-state index contributed by atoms with van der Waals surface area (Å²) < 4.78 is 11.9. The lowest BCUT2D eigenvalue weighted by atomic mass is 9.89. The molecule has 7 heteroatoms. The van der Waals surface area contributed by atoms with E-state index < -0.39 is 0 Å². The maximum absolute atomic E-state index is 12.6. The molecule has 0 radical (unpaired) electrons. The van der Waals surface area contributed by atoms with Crippen LogP contribution < -0.4 is 9.64 Å². The number of aromatic nitrogens is 1. The minimum atomic E-state index is -0.344. The summed E-state index contributed by atoms with van der Waals surface area (Å²) in [6.07, 6.45) is 6.15. The van der Waals surface area contributed by atoms with Crippen LogP contribution in [0.1, 0.15) is 62.6 Å². The lowest BCUT2D eigenvalue weighted by molar-refractivity contribution is -0.134. The fourth-order valence-electron chi connectivity index (χ4n) is 4.50. The van der Waals surface area contributed by atoms with E-state index in [1.165, 1.54) is 6.42 Å². The van der Waals surface area contributed by atoms with Gasteiger partial charge in [-0.2, -0.15) is 10.2 Å². The quantitative estimate of drug-likeness (QED) is 0.776. The Labute approximate surface area is 172 Å². The average molecular weight is 399 g/mol. The van der Waals surface area contributed by atoms with E-state index in [-0.39, 0.29) is 24.0 Å². The molecule has 2 saturated heterocycles. The van der Waals surface area contributed by atoms with Crippen LogP contribution in [0.3, 0.4) is 0 Å². The molecule has 0 N–H and O–H groups in total. The maximum atomic E-state index is 12.6. The molecule has 0 bridgehead atoms. The van der Waals surface area contributed by atoms with Crippen LogP contribution in [0.5, 0.6) is 5.88 Å². The van der Waals surface area contributed by atoms with Gasteiger partial charge in [0.15, 0.2) is 6.61 Å². The van der Waals surface area contributed by atoms with Crippen molar-refractivity contribution < 1.29 is 14.3 Å². The number of ether oxygens (including phenoxy) is 2. The van der Waals surface area contributed by atoms with Gasteiger partial charge in [0, 0.05) is 38.2 Å². The highest BCUT2D eigenvalue weighted by atomic mass is 16.5. The molecule has 0 aromatic carbocycles. The number of rotatable bonds is 4. The summed E-state index contributed by atoms with van der Waals surface area (Å²) in [5.41, 5.74) is 2.06. The molecule has 0 unspecified atom stereocenters. The molecule has 0 saturated carbocycles. The molecule has 3 aliphatic heterocycles. The van der Waals surface area contributed by atoms with Crippen molar-refractivity contribution in [1.29, 1.82) is 5.26 Å². The molecular formula is C22H30N4O3. The summed E-state index contributed by atoms with van der Waals surface area (Å²) in [7, 11) is 0. The Morgan fingerprint density at radius 3 is 2.52 bits per heavy atom. The van der Waals surface area contributed by atoms with Gasteiger partial charge in [0.1, 0.15) is 17.5 Å². The number of amides is 1. The zero-order chi connectivity index (χ0) is 20.4. The van der Waals surface area contributed by atoms with E-state index in [1.807, 2.05) is 18.7 Å². The van der Waals surface area contributed by atoms with Crippen molar-refractivity contribution in [2.45, 2.75) is 64.6 Å². The molecule has 156 valence electrons. The van der Waals surface area contributed by atoms with E-state index in [9.17, 15) is 10.1 Å². The first-order valence-corrected chi connectivity index (χ1v) is 10.7. The van der Waals surface area contributed by atoms with Crippen LogP contribution in [0, 0.1) is 11.3 Å². The second kappa shape index (κ2) is 8.19. The van der Waals surface area contributed by atoms with E-state index in [2.05, 4.69) is 11.0 Å². The van der Waals surface area contributed by atoms with Gasteiger partial charge < -0.3 is 19.3 Å². The SMILES string of the molecule is CC1(C)Cc2c(C#N)c(OCC(=O)N3CCCCC3)nc(N3CCCC3)c2CO1. The molecule has 0 atom stereocenters. The van der Waals surface area contributed by atoms with Crippen LogP contribution >= 0.6 is 0 Å². The summed E-state index contributed by atoms with van der Waals surface area (Å²) in [4.78, 5) is 21.4. The van der Waals surface area contributed by atoms with Crippen molar-refractivity contribution in [3.05, 3.63) is 16.7 Å². The zero-order valence-electron chi connectivity index (χ0n) is 17.5. The normalized spacial score (nSPS) is 20.9. The second-order valence-electron chi connectivity index (χ2n) is 8.83. The van der Waals surface area contributed by atoms with E-state index in [4.69, 9.17) is 14.5 Å². The topological polar surface area (TPSA) is 78.7 Å². The molecule has 0 aliphatic carbocycles. The largest absolute Gasteiger partial charge is 0.467 e. The first kappa shape index (κ1) is 20.0. The number of nitriles is 1. The Morgan fingerprint density at radius 1 is 1.14 bits per heavy atom. The number of nitrogens with zero attached hydrogens (tertiary/aromatic N) is 4. The van der Waals surface area contributed by atoms with Gasteiger partial charge in [-0.1, -0.05) is 0 Å². The fraction of sp³-hybridized carbons (Fsp3) is 0.682. The average Bonchev–Trinajstić information content (AvgIpc) is 3.25. The molecule has 7 nitrogen and oxygen atoms in total. The Hall–Kier alpha value is -2.33. The molecule has 4 heterocycles. The van der Waals surface area contributed by atoms with Crippen molar-refractivity contribution >= 4 is 11.7 Å². The number of carbonyl (C=O) groups excluding carboxylic acids is 1. The third-order valence-electron chi connectivity index (χ3n) is 6.13. The number of pyridine rings is 1. The molecule has 2 fully saturated rings. The minimum absolute atomic E-state index is 0.0282. The first-order valence-electron chi connectivity index (χ1n) is 10.7. The molecule has 1 aromatic heterocycles. The van der Waals surface area contributed by atoms with Crippen molar-refractivity contribution in [3.63, 3.8) is 0 Å². The zero-order valence-corrected chi connectivity index (χ0v) is 17.5. The summed E-state index contributed by atoms with van der Waals surface area (Å²) >= 11 is 0. The van der Waals surface area contributed by atoms with E-state index in [0.29, 0.717) is 18.6 Å². The molecule has 1 amide bonds. The number of fused-ring (bicyclic) bond motifs is 1. The second-order valence-corrected chi connectivity index (χ2v) is 8.83. The molecular weight excluding hydrogens is 368 g/mol. The first-order chi connectivity index (χ1) is 14.0. The number of carbonyl (C=O) groups is 1. The summed E-state index contributed by atoms with van der Waals surface area (Å²) in [5.74, 6) is 1.11. The van der Waals surface area contributed by atoms with E-state index in [0.717, 1.165) is 68.8 Å². The predicted octanol–water partition coefficient (Wildman–Crippen LogP) is 2.80. The van der Waals surface area contributed by atoms with Crippen LogP contribution in [-0.2, 0) is 22.6 Å². The third-order valence-corrected chi connectivity index (χ3v) is 6.13. The van der Waals surface area contributed by atoms with Gasteiger partial charge in [-0.05, 0) is 51.5 Å². The number of hydrogen-bond donors (Lipinski definition) is 0. The third kappa shape index (κ3) is 4.18. The van der Waals surface area contributed by atoms with Crippen molar-refractivity contribution in [3.8, 4) is 11.9 Å². The highest BCUT2D eigenvalue weighted by Crippen LogP contribution is 2.39. The highest BCUT2D eigenvalue weighted by molar-refractivity contribution is 5.78. The number of likely N-dealkylation sites (tertiary alicyclic amines) is 1. The van der Waals surface area contributed by atoms with E-state index in [1.54, 1.807) is 0 Å². The number of anilines is 1. The summed E-state index contributed by atoms with van der Waals surface area (Å²) in [6.45, 7) is 7.91. The summed E-state index contributed by atoms with van der Waals surface area (Å²) in [6, 6.07) is 2.30. The molecule has 3 aliphatic rings. The minimum Gasteiger partial charge on any atom is -0.467 e. The Balaban J connectivity index is 1.64. The summed E-state index contributed by atoms with van der Waals surface area (Å²) in [5, 5.41) is 9.90. The predicted molar refractivity (Wildman–Crippen MR) is 109 cm³/mol. The van der Waals surface area contributed by atoms with Crippen LogP contribution in [-0.4, -0.2) is 54.2 Å². The molecule has 29 heavy (non-hydrogen) atoms. The van der Waals surface area contributed by atoms with Gasteiger partial charge in [-0.15, -0.1) is 0 Å². The van der Waals surface area contributed by atoms with Crippen LogP contribution in [0.4, 0.5) is 5.82 Å². The lowest BCUT2D eigenvalue weighted by Gasteiger charge is -2.35. The van der Waals surface area contributed by atoms with Crippen LogP contribution in [0.25, 0.3) is 0 Å². The number of hydrogen-bond acceptors (Lipinski definition) is 6. The Bertz CT molecular complexity index is 818. The van der Waals surface area contributed by atoms with Crippen molar-refractivity contribution in [2.75, 3.05) is 37.7 Å². The van der Waals surface area contributed by atoms with Gasteiger partial charge >= 0.3 is 0 Å². The smallest absolute Gasteiger partial charge is 0.260 e. The van der Waals surface area contributed by atoms with E-state index >= 15 is 0 Å².